The molecule has 0 aliphatic carbocycles. The van der Waals surface area contributed by atoms with Crippen molar-refractivity contribution in [1.29, 1.82) is 0 Å². The second kappa shape index (κ2) is 6.70. The first-order valence-corrected chi connectivity index (χ1v) is 5.56. The van der Waals surface area contributed by atoms with E-state index in [4.69, 9.17) is 0 Å². The predicted octanol–water partition coefficient (Wildman–Crippen LogP) is -1.09. The SMILES string of the molecule is CC(=O)Nc1cnn(CC(=O)NCCN(C)C)n1. The minimum atomic E-state index is -0.225. The molecule has 1 aromatic rings. The molecular formula is C10H18N6O2. The highest BCUT2D eigenvalue weighted by atomic mass is 16.2. The van der Waals surface area contributed by atoms with Gasteiger partial charge in [-0.15, -0.1) is 5.10 Å². The van der Waals surface area contributed by atoms with Crippen molar-refractivity contribution in [3.05, 3.63) is 6.20 Å². The van der Waals surface area contributed by atoms with Crippen molar-refractivity contribution in [1.82, 2.24) is 25.2 Å². The number of carbonyl (C=O) groups is 2. The lowest BCUT2D eigenvalue weighted by Crippen LogP contribution is -2.34. The summed E-state index contributed by atoms with van der Waals surface area (Å²) < 4.78 is 0. The van der Waals surface area contributed by atoms with Gasteiger partial charge in [0.25, 0.3) is 0 Å². The second-order valence-electron chi connectivity index (χ2n) is 4.09. The molecule has 1 rings (SSSR count). The fourth-order valence-electron chi connectivity index (χ4n) is 1.21. The molecule has 100 valence electrons. The van der Waals surface area contributed by atoms with E-state index in [1.165, 1.54) is 17.9 Å². The molecule has 0 aliphatic rings. The minimum Gasteiger partial charge on any atom is -0.353 e. The van der Waals surface area contributed by atoms with Crippen LogP contribution in [0.1, 0.15) is 6.92 Å². The van der Waals surface area contributed by atoms with Gasteiger partial charge in [-0.05, 0) is 14.1 Å². The molecule has 0 saturated carbocycles. The third kappa shape index (κ3) is 5.39. The maximum atomic E-state index is 11.5. The Morgan fingerprint density at radius 1 is 1.44 bits per heavy atom. The van der Waals surface area contributed by atoms with Crippen molar-refractivity contribution in [2.24, 2.45) is 0 Å². The summed E-state index contributed by atoms with van der Waals surface area (Å²) in [4.78, 5) is 25.5. The summed E-state index contributed by atoms with van der Waals surface area (Å²) in [6, 6.07) is 0. The lowest BCUT2D eigenvalue weighted by atomic mass is 10.5. The number of rotatable bonds is 6. The van der Waals surface area contributed by atoms with Gasteiger partial charge in [0.1, 0.15) is 6.54 Å². The zero-order valence-corrected chi connectivity index (χ0v) is 10.8. The van der Waals surface area contributed by atoms with Crippen LogP contribution in [0, 0.1) is 0 Å². The van der Waals surface area contributed by atoms with Crippen LogP contribution in [0.2, 0.25) is 0 Å². The van der Waals surface area contributed by atoms with Gasteiger partial charge < -0.3 is 15.5 Å². The Labute approximate surface area is 105 Å². The molecule has 1 aromatic heterocycles. The van der Waals surface area contributed by atoms with Gasteiger partial charge in [-0.3, -0.25) is 9.59 Å². The predicted molar refractivity (Wildman–Crippen MR) is 65.9 cm³/mol. The number of anilines is 1. The molecule has 0 unspecified atom stereocenters. The first kappa shape index (κ1) is 14.1. The second-order valence-corrected chi connectivity index (χ2v) is 4.09. The Bertz CT molecular complexity index is 414. The van der Waals surface area contributed by atoms with Crippen LogP contribution in [0.25, 0.3) is 0 Å². The van der Waals surface area contributed by atoms with E-state index in [-0.39, 0.29) is 18.4 Å². The molecule has 0 radical (unpaired) electrons. The summed E-state index contributed by atoms with van der Waals surface area (Å²) in [7, 11) is 3.86. The molecule has 0 saturated heterocycles. The molecule has 2 N–H and O–H groups in total. The largest absolute Gasteiger partial charge is 0.353 e. The van der Waals surface area contributed by atoms with Gasteiger partial charge in [-0.25, -0.2) is 0 Å². The fourth-order valence-corrected chi connectivity index (χ4v) is 1.21. The molecule has 0 spiro atoms. The Kier molecular flexibility index (Phi) is 5.25. The molecular weight excluding hydrogens is 236 g/mol. The van der Waals surface area contributed by atoms with Gasteiger partial charge in [-0.2, -0.15) is 9.90 Å². The van der Waals surface area contributed by atoms with Crippen LogP contribution < -0.4 is 10.6 Å². The van der Waals surface area contributed by atoms with Crippen LogP contribution in [0.3, 0.4) is 0 Å². The third-order valence-corrected chi connectivity index (χ3v) is 2.01. The zero-order valence-electron chi connectivity index (χ0n) is 10.8. The average molecular weight is 254 g/mol. The van der Waals surface area contributed by atoms with Gasteiger partial charge in [0.05, 0.1) is 6.20 Å². The monoisotopic (exact) mass is 254 g/mol. The van der Waals surface area contributed by atoms with Crippen LogP contribution >= 0.6 is 0 Å². The topological polar surface area (TPSA) is 92.1 Å². The molecule has 0 bridgehead atoms. The Balaban J connectivity index is 2.35. The summed E-state index contributed by atoms with van der Waals surface area (Å²) in [6.45, 7) is 2.76. The average Bonchev–Trinajstić information content (AvgIpc) is 2.63. The molecule has 2 amide bonds. The number of aromatic nitrogens is 3. The number of nitrogens with one attached hydrogen (secondary N) is 2. The lowest BCUT2D eigenvalue weighted by molar-refractivity contribution is -0.122. The summed E-state index contributed by atoms with van der Waals surface area (Å²) >= 11 is 0. The van der Waals surface area contributed by atoms with Crippen molar-refractivity contribution in [3.8, 4) is 0 Å². The number of nitrogens with zero attached hydrogens (tertiary/aromatic N) is 4. The van der Waals surface area contributed by atoms with Crippen molar-refractivity contribution in [2.75, 3.05) is 32.5 Å². The van der Waals surface area contributed by atoms with E-state index in [0.29, 0.717) is 12.4 Å². The molecule has 8 heteroatoms. The highest BCUT2D eigenvalue weighted by Gasteiger charge is 2.06. The molecule has 0 fully saturated rings. The summed E-state index contributed by atoms with van der Waals surface area (Å²) in [6.07, 6.45) is 1.40. The van der Waals surface area contributed by atoms with Crippen LogP contribution in [0.4, 0.5) is 5.82 Å². The van der Waals surface area contributed by atoms with Gasteiger partial charge in [0.15, 0.2) is 5.82 Å². The summed E-state index contributed by atoms with van der Waals surface area (Å²) in [5.41, 5.74) is 0. The Morgan fingerprint density at radius 2 is 2.17 bits per heavy atom. The summed E-state index contributed by atoms with van der Waals surface area (Å²) in [5.74, 6) is -0.0529. The number of amides is 2. The van der Waals surface area contributed by atoms with Crippen LogP contribution in [-0.4, -0.2) is 58.9 Å². The van der Waals surface area contributed by atoms with Crippen LogP contribution in [-0.2, 0) is 16.1 Å². The van der Waals surface area contributed by atoms with E-state index < -0.39 is 0 Å². The van der Waals surface area contributed by atoms with Gasteiger partial charge in [0, 0.05) is 20.0 Å². The van der Waals surface area contributed by atoms with Crippen molar-refractivity contribution in [2.45, 2.75) is 13.5 Å². The van der Waals surface area contributed by atoms with Crippen molar-refractivity contribution in [3.63, 3.8) is 0 Å². The van der Waals surface area contributed by atoms with Crippen LogP contribution in [0.15, 0.2) is 6.20 Å². The molecule has 0 aromatic carbocycles. The van der Waals surface area contributed by atoms with Crippen molar-refractivity contribution >= 4 is 17.6 Å². The number of likely N-dealkylation sites (N-methyl/N-ethyl adjacent to an activating group) is 1. The molecule has 18 heavy (non-hydrogen) atoms. The highest BCUT2D eigenvalue weighted by molar-refractivity contribution is 5.87. The molecule has 8 nitrogen and oxygen atoms in total. The van der Waals surface area contributed by atoms with Crippen molar-refractivity contribution < 1.29 is 9.59 Å². The highest BCUT2D eigenvalue weighted by Crippen LogP contribution is 1.97. The van der Waals surface area contributed by atoms with Gasteiger partial charge >= 0.3 is 0 Å². The maximum absolute atomic E-state index is 11.5. The van der Waals surface area contributed by atoms with Crippen LogP contribution in [0.5, 0.6) is 0 Å². The maximum Gasteiger partial charge on any atom is 0.243 e. The third-order valence-electron chi connectivity index (χ3n) is 2.01. The molecule has 0 aliphatic heterocycles. The number of carbonyl (C=O) groups excluding carboxylic acids is 2. The summed E-state index contributed by atoms with van der Waals surface area (Å²) in [5, 5.41) is 13.0. The number of hydrogen-bond acceptors (Lipinski definition) is 5. The zero-order chi connectivity index (χ0) is 13.5. The first-order chi connectivity index (χ1) is 8.47. The minimum absolute atomic E-state index is 0.0347. The smallest absolute Gasteiger partial charge is 0.243 e. The fraction of sp³-hybridized carbons (Fsp3) is 0.600. The molecule has 1 heterocycles. The van der Waals surface area contributed by atoms with E-state index >= 15 is 0 Å². The van der Waals surface area contributed by atoms with E-state index in [0.717, 1.165) is 6.54 Å². The van der Waals surface area contributed by atoms with Gasteiger partial charge in [0.2, 0.25) is 11.8 Å². The molecule has 0 atom stereocenters. The van der Waals surface area contributed by atoms with E-state index in [1.807, 2.05) is 19.0 Å². The van der Waals surface area contributed by atoms with Gasteiger partial charge in [-0.1, -0.05) is 0 Å². The Hall–Kier alpha value is -1.96. The van der Waals surface area contributed by atoms with E-state index in [1.54, 1.807) is 0 Å². The first-order valence-electron chi connectivity index (χ1n) is 5.56. The standard InChI is InChI=1S/C10H18N6O2/c1-8(17)13-9-6-12-16(14-9)7-10(18)11-4-5-15(2)3/h6H,4-5,7H2,1-3H3,(H,11,18)(H,13,14,17). The normalized spacial score (nSPS) is 10.4. The quantitative estimate of drug-likeness (QED) is 0.673. The lowest BCUT2D eigenvalue weighted by Gasteiger charge is -2.09. The Morgan fingerprint density at radius 3 is 2.78 bits per heavy atom. The van der Waals surface area contributed by atoms with E-state index in [9.17, 15) is 9.59 Å². The number of hydrogen-bond donors (Lipinski definition) is 2. The van der Waals surface area contributed by atoms with E-state index in [2.05, 4.69) is 20.8 Å².